The van der Waals surface area contributed by atoms with Gasteiger partial charge in [-0.1, -0.05) is 35.3 Å². The summed E-state index contributed by atoms with van der Waals surface area (Å²) in [5.74, 6) is 0.599. The van der Waals surface area contributed by atoms with Gasteiger partial charge in [0.25, 0.3) is 5.91 Å². The molecule has 8 rings (SSSR count). The lowest BCUT2D eigenvalue weighted by atomic mass is 9.81. The van der Waals surface area contributed by atoms with Crippen LogP contribution in [0.5, 0.6) is 6.01 Å². The molecule has 1 spiro atoms. The van der Waals surface area contributed by atoms with E-state index >= 15 is 0 Å². The molecule has 250 valence electrons. The van der Waals surface area contributed by atoms with Crippen LogP contribution in [0.3, 0.4) is 0 Å². The van der Waals surface area contributed by atoms with Crippen molar-refractivity contribution in [3.05, 3.63) is 62.0 Å². The minimum Gasteiger partial charge on any atom is -0.461 e. The molecule has 2 saturated heterocycles. The topological polar surface area (TPSA) is 82.9 Å². The lowest BCUT2D eigenvalue weighted by Crippen LogP contribution is -2.48. The van der Waals surface area contributed by atoms with Crippen LogP contribution in [0.25, 0.3) is 0 Å². The summed E-state index contributed by atoms with van der Waals surface area (Å²) >= 11 is 13.6. The van der Waals surface area contributed by atoms with Gasteiger partial charge in [-0.05, 0) is 62.9 Å². The number of fused-ring (bicyclic) bond motifs is 5. The molecular weight excluding hydrogens is 642 g/mol. The van der Waals surface area contributed by atoms with Gasteiger partial charge in [-0.2, -0.15) is 15.1 Å². The average Bonchev–Trinajstić information content (AvgIpc) is 3.73. The number of rotatable bonds is 5. The maximum absolute atomic E-state index is 14.6. The minimum atomic E-state index is -0.834. The molecule has 0 N–H and O–H groups in total. The molecule has 1 aromatic carbocycles. The van der Waals surface area contributed by atoms with Gasteiger partial charge in [0.05, 0.1) is 34.0 Å². The third kappa shape index (κ3) is 5.02. The van der Waals surface area contributed by atoms with E-state index in [0.717, 1.165) is 73.0 Å². The van der Waals surface area contributed by atoms with Crippen molar-refractivity contribution in [2.75, 3.05) is 52.3 Å². The highest BCUT2D eigenvalue weighted by Crippen LogP contribution is 2.50. The van der Waals surface area contributed by atoms with Gasteiger partial charge in [0.1, 0.15) is 18.6 Å². The number of amides is 1. The second-order valence-corrected chi connectivity index (χ2v) is 15.0. The standard InChI is InChI=1S/C34H41Cl2FN8O2/c1-41(2)31(46)29-28(36)27-19-43(12-6-14-45(27)40-29)30-23-18-42(3)34(11-9-22-24(34)7-4-8-25(22)35)16-26(23)38-32(39-30)47-20-33-10-5-13-44(33)17-21(37)15-33/h4,7-8,21H,5-6,9-20H2,1-3H3/t21-,33+,34+/m1/s1. The second-order valence-electron chi connectivity index (χ2n) is 14.3. The SMILES string of the molecule is CN(C)C(=O)c1nn2c(c1Cl)CN(c1nc(OC[C@@]34CCCN3C[C@H](F)C4)nc3c1CN(C)[C@@]1(CCc4c(Cl)cccc41)C3)CCC2. The summed E-state index contributed by atoms with van der Waals surface area (Å²) in [5, 5.41) is 5.82. The summed E-state index contributed by atoms with van der Waals surface area (Å²) in [6.07, 6.45) is 4.99. The van der Waals surface area contributed by atoms with Gasteiger partial charge >= 0.3 is 6.01 Å². The molecule has 3 aromatic rings. The number of aryl methyl sites for hydroxylation is 1. The summed E-state index contributed by atoms with van der Waals surface area (Å²) in [4.78, 5) is 31.5. The van der Waals surface area contributed by atoms with E-state index in [-0.39, 0.29) is 22.7 Å². The third-order valence-corrected chi connectivity index (χ3v) is 12.1. The summed E-state index contributed by atoms with van der Waals surface area (Å²) in [6.45, 7) is 4.22. The largest absolute Gasteiger partial charge is 0.461 e. The number of carbonyl (C=O) groups is 1. The predicted molar refractivity (Wildman–Crippen MR) is 178 cm³/mol. The average molecular weight is 684 g/mol. The number of hydrogen-bond acceptors (Lipinski definition) is 8. The molecule has 5 aliphatic rings. The predicted octanol–water partition coefficient (Wildman–Crippen LogP) is 4.88. The molecule has 2 fully saturated rings. The van der Waals surface area contributed by atoms with Crippen LogP contribution in [0, 0.1) is 0 Å². The zero-order valence-electron chi connectivity index (χ0n) is 27.2. The van der Waals surface area contributed by atoms with E-state index in [4.69, 9.17) is 37.9 Å². The fraction of sp³-hybridized carbons (Fsp3) is 0.588. The molecule has 3 atom stereocenters. The molecule has 1 amide bonds. The quantitative estimate of drug-likeness (QED) is 0.377. The van der Waals surface area contributed by atoms with E-state index in [1.54, 1.807) is 14.1 Å². The molecule has 0 bridgehead atoms. The Morgan fingerprint density at radius 2 is 1.96 bits per heavy atom. The molecule has 0 unspecified atom stereocenters. The van der Waals surface area contributed by atoms with E-state index in [2.05, 4.69) is 32.9 Å². The van der Waals surface area contributed by atoms with Gasteiger partial charge in [0.15, 0.2) is 5.69 Å². The Morgan fingerprint density at radius 1 is 1.11 bits per heavy atom. The van der Waals surface area contributed by atoms with Crippen LogP contribution in [-0.2, 0) is 38.0 Å². The third-order valence-electron chi connectivity index (χ3n) is 11.3. The van der Waals surface area contributed by atoms with Crippen LogP contribution in [-0.4, -0.2) is 99.5 Å². The van der Waals surface area contributed by atoms with Gasteiger partial charge < -0.3 is 14.5 Å². The Morgan fingerprint density at radius 3 is 2.79 bits per heavy atom. The van der Waals surface area contributed by atoms with Gasteiger partial charge in [-0.3, -0.25) is 19.3 Å². The van der Waals surface area contributed by atoms with Crippen LogP contribution in [0.4, 0.5) is 10.2 Å². The Balaban J connectivity index is 1.19. The van der Waals surface area contributed by atoms with Crippen LogP contribution in [0.15, 0.2) is 18.2 Å². The Hall–Kier alpha value is -2.99. The van der Waals surface area contributed by atoms with Gasteiger partial charge in [0, 0.05) is 63.7 Å². The summed E-state index contributed by atoms with van der Waals surface area (Å²) in [7, 11) is 5.59. The van der Waals surface area contributed by atoms with Crippen molar-refractivity contribution >= 4 is 34.9 Å². The normalized spacial score (nSPS) is 27.0. The van der Waals surface area contributed by atoms with Crippen LogP contribution < -0.4 is 9.64 Å². The summed E-state index contributed by atoms with van der Waals surface area (Å²) in [6, 6.07) is 6.56. The molecule has 4 aliphatic heterocycles. The van der Waals surface area contributed by atoms with E-state index in [0.29, 0.717) is 56.7 Å². The second kappa shape index (κ2) is 11.6. The molecule has 47 heavy (non-hydrogen) atoms. The molecule has 13 heteroatoms. The number of aromatic nitrogens is 4. The molecular formula is C34H41Cl2FN8O2. The lowest BCUT2D eigenvalue weighted by molar-refractivity contribution is 0.0821. The highest BCUT2D eigenvalue weighted by Gasteiger charge is 2.50. The zero-order valence-corrected chi connectivity index (χ0v) is 28.7. The fourth-order valence-electron chi connectivity index (χ4n) is 8.88. The van der Waals surface area contributed by atoms with Gasteiger partial charge in [0.2, 0.25) is 0 Å². The van der Waals surface area contributed by atoms with Crippen LogP contribution >= 0.6 is 23.2 Å². The van der Waals surface area contributed by atoms with E-state index in [1.165, 1.54) is 16.0 Å². The summed E-state index contributed by atoms with van der Waals surface area (Å²) < 4.78 is 23.0. The Labute approximate surface area is 284 Å². The number of halogens is 3. The van der Waals surface area contributed by atoms with E-state index in [1.807, 2.05) is 16.8 Å². The molecule has 2 aromatic heterocycles. The van der Waals surface area contributed by atoms with Crippen LogP contribution in [0.1, 0.15) is 70.7 Å². The van der Waals surface area contributed by atoms with E-state index < -0.39 is 6.17 Å². The molecule has 1 aliphatic carbocycles. The first kappa shape index (κ1) is 31.3. The van der Waals surface area contributed by atoms with E-state index in [9.17, 15) is 9.18 Å². The van der Waals surface area contributed by atoms with Gasteiger partial charge in [-0.15, -0.1) is 0 Å². The Bertz CT molecular complexity index is 1750. The Kier molecular flexibility index (Phi) is 7.70. The van der Waals surface area contributed by atoms with Crippen molar-refractivity contribution in [3.8, 4) is 6.01 Å². The zero-order chi connectivity index (χ0) is 32.7. The number of benzene rings is 1. The molecule has 10 nitrogen and oxygen atoms in total. The maximum atomic E-state index is 14.6. The van der Waals surface area contributed by atoms with Crippen molar-refractivity contribution in [2.24, 2.45) is 0 Å². The maximum Gasteiger partial charge on any atom is 0.318 e. The minimum absolute atomic E-state index is 0.219. The fourth-order valence-corrected chi connectivity index (χ4v) is 9.43. The number of likely N-dealkylation sites (N-methyl/N-ethyl adjacent to an activating group) is 1. The monoisotopic (exact) mass is 682 g/mol. The first-order chi connectivity index (χ1) is 22.6. The van der Waals surface area contributed by atoms with Gasteiger partial charge in [-0.25, -0.2) is 4.39 Å². The number of nitrogens with zero attached hydrogens (tertiary/aromatic N) is 8. The highest BCUT2D eigenvalue weighted by molar-refractivity contribution is 6.34. The lowest BCUT2D eigenvalue weighted by Gasteiger charge is -2.44. The van der Waals surface area contributed by atoms with Crippen LogP contribution in [0.2, 0.25) is 10.0 Å². The first-order valence-corrected chi connectivity index (χ1v) is 17.5. The van der Waals surface area contributed by atoms with Crippen molar-refractivity contribution in [3.63, 3.8) is 0 Å². The number of hydrogen-bond donors (Lipinski definition) is 0. The number of ether oxygens (including phenoxy) is 1. The first-order valence-electron chi connectivity index (χ1n) is 16.7. The highest BCUT2D eigenvalue weighted by atomic mass is 35.5. The number of carbonyl (C=O) groups excluding carboxylic acids is 1. The number of alkyl halides is 1. The molecule has 0 saturated carbocycles. The van der Waals surface area contributed by atoms with Crippen molar-refractivity contribution in [1.82, 2.24) is 34.4 Å². The van der Waals surface area contributed by atoms with Crippen molar-refractivity contribution in [1.29, 1.82) is 0 Å². The molecule has 0 radical (unpaired) electrons. The summed E-state index contributed by atoms with van der Waals surface area (Å²) in [5.41, 5.74) is 5.06. The smallest absolute Gasteiger partial charge is 0.318 e. The number of anilines is 1. The molecule has 6 heterocycles. The van der Waals surface area contributed by atoms with Crippen molar-refractivity contribution < 1.29 is 13.9 Å². The van der Waals surface area contributed by atoms with Crippen molar-refractivity contribution in [2.45, 2.75) is 81.8 Å².